The van der Waals surface area contributed by atoms with E-state index in [0.717, 1.165) is 6.07 Å². The molecule has 0 atom stereocenters. The summed E-state index contributed by atoms with van der Waals surface area (Å²) in [6, 6.07) is 7.01. The summed E-state index contributed by atoms with van der Waals surface area (Å²) >= 11 is 0. The Hall–Kier alpha value is -2.85. The molecule has 4 N–H and O–H groups in total. The van der Waals surface area contributed by atoms with Gasteiger partial charge in [-0.2, -0.15) is 0 Å². The number of methoxy groups -OCH3 is 1. The highest BCUT2D eigenvalue weighted by Crippen LogP contribution is 2.21. The number of furan rings is 1. The third kappa shape index (κ3) is 5.06. The monoisotopic (exact) mass is 367 g/mol. The van der Waals surface area contributed by atoms with Crippen LogP contribution in [0.25, 0.3) is 0 Å². The van der Waals surface area contributed by atoms with Crippen molar-refractivity contribution < 1.29 is 27.2 Å². The van der Waals surface area contributed by atoms with Crippen molar-refractivity contribution in [3.8, 4) is 5.75 Å². The summed E-state index contributed by atoms with van der Waals surface area (Å²) in [5.41, 5.74) is -0.0483. The van der Waals surface area contributed by atoms with Gasteiger partial charge in [-0.25, -0.2) is 13.6 Å². The van der Waals surface area contributed by atoms with Crippen molar-refractivity contribution >= 4 is 21.8 Å². The van der Waals surface area contributed by atoms with Crippen LogP contribution in [0.2, 0.25) is 0 Å². The van der Waals surface area contributed by atoms with E-state index in [1.807, 2.05) is 0 Å². The van der Waals surface area contributed by atoms with E-state index in [4.69, 9.17) is 14.3 Å². The van der Waals surface area contributed by atoms with Gasteiger partial charge in [0, 0.05) is 0 Å². The number of rotatable bonds is 7. The smallest absolute Gasteiger partial charge is 0.255 e. The average molecular weight is 367 g/mol. The maximum Gasteiger partial charge on any atom is 0.255 e. The standard InChI is InChI=1S/C15H17N3O6S/c1-23-13-5-4-11(25(16,21)22)7-12(13)15(20)18-9-14(19)17-8-10-3-2-6-24-10/h2-7H,8-9H2,1H3,(H,17,19)(H,18,20)(H2,16,21,22). The predicted molar refractivity (Wildman–Crippen MR) is 87.3 cm³/mol. The number of hydrogen-bond donors (Lipinski definition) is 3. The Balaban J connectivity index is 2.01. The molecule has 0 aliphatic carbocycles. The van der Waals surface area contributed by atoms with Crippen molar-refractivity contribution in [1.29, 1.82) is 0 Å². The van der Waals surface area contributed by atoms with Crippen LogP contribution >= 0.6 is 0 Å². The van der Waals surface area contributed by atoms with Crippen LogP contribution in [0.4, 0.5) is 0 Å². The molecular weight excluding hydrogens is 350 g/mol. The van der Waals surface area contributed by atoms with Gasteiger partial charge in [0.2, 0.25) is 15.9 Å². The van der Waals surface area contributed by atoms with Gasteiger partial charge in [-0.1, -0.05) is 0 Å². The van der Waals surface area contributed by atoms with Gasteiger partial charge in [0.15, 0.2) is 0 Å². The lowest BCUT2D eigenvalue weighted by Crippen LogP contribution is -2.36. The Morgan fingerprint density at radius 2 is 2.00 bits per heavy atom. The highest BCUT2D eigenvalue weighted by Gasteiger charge is 2.18. The van der Waals surface area contributed by atoms with Crippen LogP contribution in [0.15, 0.2) is 45.9 Å². The fourth-order valence-corrected chi connectivity index (χ4v) is 2.50. The molecule has 2 aromatic rings. The van der Waals surface area contributed by atoms with Gasteiger partial charge in [-0.05, 0) is 30.3 Å². The number of nitrogens with one attached hydrogen (secondary N) is 2. The highest BCUT2D eigenvalue weighted by molar-refractivity contribution is 7.89. The molecule has 0 saturated carbocycles. The highest BCUT2D eigenvalue weighted by atomic mass is 32.2. The first-order chi connectivity index (χ1) is 11.8. The number of nitrogens with two attached hydrogens (primary N) is 1. The summed E-state index contributed by atoms with van der Waals surface area (Å²) in [6.07, 6.45) is 1.48. The van der Waals surface area contributed by atoms with E-state index < -0.39 is 21.8 Å². The molecule has 1 heterocycles. The van der Waals surface area contributed by atoms with Crippen LogP contribution in [0.5, 0.6) is 5.75 Å². The SMILES string of the molecule is COc1ccc(S(N)(=O)=O)cc1C(=O)NCC(=O)NCc1ccco1. The second kappa shape index (κ2) is 7.81. The van der Waals surface area contributed by atoms with E-state index in [9.17, 15) is 18.0 Å². The number of carbonyl (C=O) groups excluding carboxylic acids is 2. The topological polar surface area (TPSA) is 141 Å². The summed E-state index contributed by atoms with van der Waals surface area (Å²) < 4.78 is 32.9. The Labute approximate surface area is 144 Å². The summed E-state index contributed by atoms with van der Waals surface area (Å²) in [6.45, 7) is -0.117. The number of hydrogen-bond acceptors (Lipinski definition) is 6. The Bertz CT molecular complexity index is 861. The van der Waals surface area contributed by atoms with Crippen molar-refractivity contribution in [2.45, 2.75) is 11.4 Å². The molecule has 25 heavy (non-hydrogen) atoms. The second-order valence-corrected chi connectivity index (χ2v) is 6.51. The van der Waals surface area contributed by atoms with Gasteiger partial charge in [0.1, 0.15) is 11.5 Å². The van der Waals surface area contributed by atoms with Crippen LogP contribution in [0, 0.1) is 0 Å². The van der Waals surface area contributed by atoms with Crippen molar-refractivity contribution in [2.24, 2.45) is 5.14 Å². The number of sulfonamides is 1. The minimum Gasteiger partial charge on any atom is -0.496 e. The minimum atomic E-state index is -3.97. The van der Waals surface area contributed by atoms with Crippen LogP contribution in [0.1, 0.15) is 16.1 Å². The zero-order valence-electron chi connectivity index (χ0n) is 13.3. The Morgan fingerprint density at radius 1 is 1.24 bits per heavy atom. The van der Waals surface area contributed by atoms with E-state index in [1.54, 1.807) is 12.1 Å². The molecule has 0 spiro atoms. The summed E-state index contributed by atoms with van der Waals surface area (Å²) in [5, 5.41) is 10.00. The molecule has 2 amide bonds. The summed E-state index contributed by atoms with van der Waals surface area (Å²) in [5.74, 6) is -0.384. The molecule has 0 saturated heterocycles. The number of benzene rings is 1. The van der Waals surface area contributed by atoms with E-state index in [-0.39, 0.29) is 29.3 Å². The maximum atomic E-state index is 12.2. The normalized spacial score (nSPS) is 11.0. The quantitative estimate of drug-likeness (QED) is 0.628. The zero-order chi connectivity index (χ0) is 18.4. The summed E-state index contributed by atoms with van der Waals surface area (Å²) in [7, 11) is -2.64. The average Bonchev–Trinajstić information content (AvgIpc) is 3.09. The molecule has 134 valence electrons. The van der Waals surface area contributed by atoms with Crippen LogP contribution in [0.3, 0.4) is 0 Å². The molecule has 10 heteroatoms. The van der Waals surface area contributed by atoms with Gasteiger partial charge in [0.05, 0.1) is 36.9 Å². The molecule has 1 aromatic carbocycles. The molecule has 1 aromatic heterocycles. The van der Waals surface area contributed by atoms with E-state index in [2.05, 4.69) is 10.6 Å². The number of ether oxygens (including phenoxy) is 1. The Kier molecular flexibility index (Phi) is 5.78. The number of amides is 2. The third-order valence-corrected chi connectivity index (χ3v) is 4.10. The van der Waals surface area contributed by atoms with Gasteiger partial charge in [-0.3, -0.25) is 9.59 Å². The zero-order valence-corrected chi connectivity index (χ0v) is 14.1. The second-order valence-electron chi connectivity index (χ2n) is 4.95. The van der Waals surface area contributed by atoms with Crippen molar-refractivity contribution in [3.63, 3.8) is 0 Å². The maximum absolute atomic E-state index is 12.2. The predicted octanol–water partition coefficient (Wildman–Crippen LogP) is -0.0182. The first-order valence-electron chi connectivity index (χ1n) is 7.09. The lowest BCUT2D eigenvalue weighted by molar-refractivity contribution is -0.120. The van der Waals surface area contributed by atoms with E-state index in [0.29, 0.717) is 5.76 Å². The van der Waals surface area contributed by atoms with Crippen molar-refractivity contribution in [1.82, 2.24) is 10.6 Å². The number of primary sulfonamides is 1. The van der Waals surface area contributed by atoms with Crippen LogP contribution in [-0.4, -0.2) is 33.9 Å². The molecule has 0 fully saturated rings. The largest absolute Gasteiger partial charge is 0.496 e. The molecular formula is C15H17N3O6S. The molecule has 2 rings (SSSR count). The Morgan fingerprint density at radius 3 is 2.60 bits per heavy atom. The molecule has 0 aliphatic rings. The van der Waals surface area contributed by atoms with Gasteiger partial charge in [-0.15, -0.1) is 0 Å². The molecule has 9 nitrogen and oxygen atoms in total. The van der Waals surface area contributed by atoms with Crippen LogP contribution in [-0.2, 0) is 21.4 Å². The van der Waals surface area contributed by atoms with Gasteiger partial charge >= 0.3 is 0 Å². The number of carbonyl (C=O) groups is 2. The molecule has 0 radical (unpaired) electrons. The first-order valence-corrected chi connectivity index (χ1v) is 8.64. The lowest BCUT2D eigenvalue weighted by atomic mass is 10.2. The van der Waals surface area contributed by atoms with Gasteiger partial charge < -0.3 is 19.8 Å². The minimum absolute atomic E-state index is 0.0483. The van der Waals surface area contributed by atoms with Gasteiger partial charge in [0.25, 0.3) is 5.91 Å². The van der Waals surface area contributed by atoms with Crippen molar-refractivity contribution in [3.05, 3.63) is 47.9 Å². The molecule has 0 bridgehead atoms. The lowest BCUT2D eigenvalue weighted by Gasteiger charge is -2.10. The summed E-state index contributed by atoms with van der Waals surface area (Å²) in [4.78, 5) is 23.7. The fourth-order valence-electron chi connectivity index (χ4n) is 1.96. The fraction of sp³-hybridized carbons (Fsp3) is 0.200. The molecule has 0 unspecified atom stereocenters. The molecule has 0 aliphatic heterocycles. The van der Waals surface area contributed by atoms with E-state index >= 15 is 0 Å². The third-order valence-electron chi connectivity index (χ3n) is 3.19. The van der Waals surface area contributed by atoms with Crippen molar-refractivity contribution in [2.75, 3.05) is 13.7 Å². The van der Waals surface area contributed by atoms with E-state index in [1.165, 1.54) is 25.5 Å². The first kappa shape index (κ1) is 18.5. The van der Waals surface area contributed by atoms with Crippen LogP contribution < -0.4 is 20.5 Å².